The zero-order chi connectivity index (χ0) is 22.4. The van der Waals surface area contributed by atoms with E-state index in [0.29, 0.717) is 28.7 Å². The van der Waals surface area contributed by atoms with Crippen molar-refractivity contribution in [3.05, 3.63) is 58.0 Å². The third-order valence-electron chi connectivity index (χ3n) is 6.27. The number of anilines is 1. The summed E-state index contributed by atoms with van der Waals surface area (Å²) in [6.45, 7) is 4.10. The molecule has 0 unspecified atom stereocenters. The van der Waals surface area contributed by atoms with Gasteiger partial charge in [-0.15, -0.1) is 0 Å². The SMILES string of the molecule is CC(=O)Nc1ccc(Cl)cc1C(=O)N1CCCC[C@H]1c1cc2nc(C3CC3)cc(C)n2n1. The van der Waals surface area contributed by atoms with Crippen LogP contribution in [0.4, 0.5) is 5.69 Å². The molecule has 5 rings (SSSR count). The number of nitrogens with zero attached hydrogens (tertiary/aromatic N) is 4. The van der Waals surface area contributed by atoms with Crippen molar-refractivity contribution in [2.45, 2.75) is 57.9 Å². The zero-order valence-corrected chi connectivity index (χ0v) is 19.0. The van der Waals surface area contributed by atoms with Crippen molar-refractivity contribution in [3.8, 4) is 0 Å². The number of nitrogens with one attached hydrogen (secondary N) is 1. The highest BCUT2D eigenvalue weighted by molar-refractivity contribution is 6.31. The summed E-state index contributed by atoms with van der Waals surface area (Å²) in [5.74, 6) is 0.186. The normalized spacial score (nSPS) is 18.7. The van der Waals surface area contributed by atoms with Crippen LogP contribution in [0.25, 0.3) is 5.65 Å². The number of likely N-dealkylation sites (tertiary alicyclic amines) is 1. The molecule has 2 aliphatic rings. The maximum atomic E-state index is 13.6. The van der Waals surface area contributed by atoms with Crippen molar-refractivity contribution in [2.24, 2.45) is 0 Å². The molecule has 32 heavy (non-hydrogen) atoms. The molecule has 1 aliphatic heterocycles. The van der Waals surface area contributed by atoms with Gasteiger partial charge in [-0.1, -0.05) is 11.6 Å². The average Bonchev–Trinajstić information content (AvgIpc) is 3.53. The van der Waals surface area contributed by atoms with Crippen LogP contribution < -0.4 is 5.32 Å². The van der Waals surface area contributed by atoms with Gasteiger partial charge in [0.25, 0.3) is 5.91 Å². The van der Waals surface area contributed by atoms with Gasteiger partial charge in [0.2, 0.25) is 5.91 Å². The molecule has 1 saturated heterocycles. The summed E-state index contributed by atoms with van der Waals surface area (Å²) in [6.07, 6.45) is 5.18. The second-order valence-electron chi connectivity index (χ2n) is 8.82. The Labute approximate surface area is 191 Å². The number of piperidine rings is 1. The van der Waals surface area contributed by atoms with Gasteiger partial charge >= 0.3 is 0 Å². The lowest BCUT2D eigenvalue weighted by Gasteiger charge is -2.35. The van der Waals surface area contributed by atoms with E-state index in [-0.39, 0.29) is 17.9 Å². The number of hydrogen-bond donors (Lipinski definition) is 1. The maximum absolute atomic E-state index is 13.6. The minimum Gasteiger partial charge on any atom is -0.330 e. The summed E-state index contributed by atoms with van der Waals surface area (Å²) >= 11 is 6.20. The molecule has 8 heteroatoms. The van der Waals surface area contributed by atoms with Crippen LogP contribution >= 0.6 is 11.6 Å². The van der Waals surface area contributed by atoms with E-state index in [0.717, 1.165) is 42.0 Å². The molecule has 2 amide bonds. The molecule has 1 aliphatic carbocycles. The minimum absolute atomic E-state index is 0.147. The number of halogens is 1. The highest BCUT2D eigenvalue weighted by atomic mass is 35.5. The van der Waals surface area contributed by atoms with Gasteiger partial charge in [-0.3, -0.25) is 9.59 Å². The van der Waals surface area contributed by atoms with E-state index in [4.69, 9.17) is 21.7 Å². The number of carbonyl (C=O) groups excluding carboxylic acids is 2. The number of fused-ring (bicyclic) bond motifs is 1. The lowest BCUT2D eigenvalue weighted by Crippen LogP contribution is -2.39. The van der Waals surface area contributed by atoms with Crippen molar-refractivity contribution in [2.75, 3.05) is 11.9 Å². The molecule has 1 saturated carbocycles. The monoisotopic (exact) mass is 451 g/mol. The number of benzene rings is 1. The van der Waals surface area contributed by atoms with Gasteiger partial charge in [-0.05, 0) is 63.3 Å². The molecule has 1 aromatic carbocycles. The number of aromatic nitrogens is 3. The molecular weight excluding hydrogens is 426 g/mol. The predicted molar refractivity (Wildman–Crippen MR) is 123 cm³/mol. The van der Waals surface area contributed by atoms with Gasteiger partial charge in [0.05, 0.1) is 23.0 Å². The molecule has 0 spiro atoms. The molecule has 1 atom stereocenters. The summed E-state index contributed by atoms with van der Waals surface area (Å²) < 4.78 is 1.88. The van der Waals surface area contributed by atoms with E-state index in [2.05, 4.69) is 11.4 Å². The quantitative estimate of drug-likeness (QED) is 0.612. The van der Waals surface area contributed by atoms with Gasteiger partial charge in [-0.2, -0.15) is 5.10 Å². The van der Waals surface area contributed by atoms with Crippen LogP contribution in [-0.4, -0.2) is 37.9 Å². The summed E-state index contributed by atoms with van der Waals surface area (Å²) in [6, 6.07) is 8.96. The van der Waals surface area contributed by atoms with Crippen molar-refractivity contribution in [3.63, 3.8) is 0 Å². The molecule has 7 nitrogen and oxygen atoms in total. The van der Waals surface area contributed by atoms with Crippen LogP contribution in [-0.2, 0) is 4.79 Å². The number of carbonyl (C=O) groups is 2. The fourth-order valence-electron chi connectivity index (χ4n) is 4.55. The number of aryl methyl sites for hydroxylation is 1. The van der Waals surface area contributed by atoms with Crippen molar-refractivity contribution < 1.29 is 9.59 Å². The van der Waals surface area contributed by atoms with Gasteiger partial charge in [0, 0.05) is 41.9 Å². The highest BCUT2D eigenvalue weighted by Gasteiger charge is 2.32. The molecule has 1 N–H and O–H groups in total. The number of hydrogen-bond acceptors (Lipinski definition) is 4. The van der Waals surface area contributed by atoms with E-state index in [1.807, 2.05) is 22.4 Å². The van der Waals surface area contributed by atoms with Crippen LogP contribution in [0, 0.1) is 6.92 Å². The van der Waals surface area contributed by atoms with E-state index in [1.165, 1.54) is 19.8 Å². The molecular formula is C24H26ClN5O2. The molecule has 166 valence electrons. The van der Waals surface area contributed by atoms with E-state index in [9.17, 15) is 9.59 Å². The second-order valence-corrected chi connectivity index (χ2v) is 9.25. The number of rotatable bonds is 4. The predicted octanol–water partition coefficient (Wildman–Crippen LogP) is 4.89. The molecule has 2 fully saturated rings. The molecule has 3 aromatic rings. The molecule has 0 bridgehead atoms. The van der Waals surface area contributed by atoms with Crippen molar-refractivity contribution >= 4 is 34.7 Å². The second kappa shape index (κ2) is 8.20. The first-order valence-electron chi connectivity index (χ1n) is 11.2. The minimum atomic E-state index is -0.232. The summed E-state index contributed by atoms with van der Waals surface area (Å²) in [4.78, 5) is 32.0. The van der Waals surface area contributed by atoms with Crippen LogP contribution in [0.1, 0.15) is 78.4 Å². The third-order valence-corrected chi connectivity index (χ3v) is 6.50. The first-order chi connectivity index (χ1) is 15.4. The molecule has 3 heterocycles. The Hall–Kier alpha value is -2.93. The van der Waals surface area contributed by atoms with E-state index < -0.39 is 0 Å². The van der Waals surface area contributed by atoms with Gasteiger partial charge < -0.3 is 10.2 Å². The summed E-state index contributed by atoms with van der Waals surface area (Å²) in [5.41, 5.74) is 4.74. The summed E-state index contributed by atoms with van der Waals surface area (Å²) in [5, 5.41) is 8.04. The van der Waals surface area contributed by atoms with Crippen molar-refractivity contribution in [1.29, 1.82) is 0 Å². The van der Waals surface area contributed by atoms with Crippen LogP contribution in [0.2, 0.25) is 5.02 Å². The smallest absolute Gasteiger partial charge is 0.256 e. The first kappa shape index (κ1) is 20.9. The lowest BCUT2D eigenvalue weighted by atomic mass is 9.98. The van der Waals surface area contributed by atoms with E-state index in [1.54, 1.807) is 18.2 Å². The lowest BCUT2D eigenvalue weighted by molar-refractivity contribution is -0.114. The Bertz CT molecular complexity index is 1220. The van der Waals surface area contributed by atoms with Crippen LogP contribution in [0.15, 0.2) is 30.3 Å². The Morgan fingerprint density at radius 3 is 2.66 bits per heavy atom. The van der Waals surface area contributed by atoms with E-state index >= 15 is 0 Å². The fourth-order valence-corrected chi connectivity index (χ4v) is 4.72. The highest BCUT2D eigenvalue weighted by Crippen LogP contribution is 2.40. The maximum Gasteiger partial charge on any atom is 0.256 e. The topological polar surface area (TPSA) is 79.6 Å². The third kappa shape index (κ3) is 3.97. The Balaban J connectivity index is 1.51. The van der Waals surface area contributed by atoms with Gasteiger partial charge in [-0.25, -0.2) is 9.50 Å². The Morgan fingerprint density at radius 2 is 1.91 bits per heavy atom. The average molecular weight is 452 g/mol. The van der Waals surface area contributed by atoms with Crippen molar-refractivity contribution in [1.82, 2.24) is 19.5 Å². The number of amides is 2. The summed E-state index contributed by atoms with van der Waals surface area (Å²) in [7, 11) is 0. The Morgan fingerprint density at radius 1 is 1.09 bits per heavy atom. The Kier molecular flexibility index (Phi) is 5.37. The van der Waals surface area contributed by atoms with Crippen LogP contribution in [0.3, 0.4) is 0 Å². The van der Waals surface area contributed by atoms with Gasteiger partial charge in [0.1, 0.15) is 0 Å². The standard InChI is InChI=1S/C24H26ClN5O2/c1-14-11-20(16-6-7-16)27-23-13-21(28-30(14)23)22-5-3-4-10-29(22)24(32)18-12-17(25)8-9-19(18)26-15(2)31/h8-9,11-13,16,22H,3-7,10H2,1-2H3,(H,26,31)/t22-/m0/s1. The largest absolute Gasteiger partial charge is 0.330 e. The van der Waals surface area contributed by atoms with Gasteiger partial charge in [0.15, 0.2) is 5.65 Å². The molecule has 2 aromatic heterocycles. The van der Waals surface area contributed by atoms with Crippen LogP contribution in [0.5, 0.6) is 0 Å². The fraction of sp³-hybridized carbons (Fsp3) is 0.417. The molecule has 0 radical (unpaired) electrons. The zero-order valence-electron chi connectivity index (χ0n) is 18.3. The first-order valence-corrected chi connectivity index (χ1v) is 11.5.